The molecule has 2 heterocycles. The first kappa shape index (κ1) is 19.3. The highest BCUT2D eigenvalue weighted by Gasteiger charge is 2.30. The predicted molar refractivity (Wildman–Crippen MR) is 107 cm³/mol. The van der Waals surface area contributed by atoms with Crippen molar-refractivity contribution < 1.29 is 14.4 Å². The second kappa shape index (κ2) is 8.48. The lowest BCUT2D eigenvalue weighted by atomic mass is 9.93. The third-order valence-electron chi connectivity index (χ3n) is 5.10. The van der Waals surface area contributed by atoms with Crippen LogP contribution in [-0.2, 0) is 9.59 Å². The summed E-state index contributed by atoms with van der Waals surface area (Å²) in [6, 6.07) is 9.38. The molecule has 2 amide bonds. The number of hydrogen-bond donors (Lipinski definition) is 1. The first-order valence-corrected chi connectivity index (χ1v) is 10.0. The smallest absolute Gasteiger partial charge is 0.233 e. The molecule has 1 aliphatic rings. The van der Waals surface area contributed by atoms with Crippen LogP contribution in [0.2, 0.25) is 0 Å². The summed E-state index contributed by atoms with van der Waals surface area (Å²) in [5, 5.41) is 4.71. The number of anilines is 1. The Morgan fingerprint density at radius 2 is 2.00 bits per heavy atom. The summed E-state index contributed by atoms with van der Waals surface area (Å²) in [4.78, 5) is 39.8. The molecule has 1 aromatic heterocycles. The Hall–Kier alpha value is -2.47. The summed E-state index contributed by atoms with van der Waals surface area (Å²) in [5.74, 6) is -0.618. The topological polar surface area (TPSA) is 66.5 Å². The van der Waals surface area contributed by atoms with Gasteiger partial charge < -0.3 is 10.2 Å². The van der Waals surface area contributed by atoms with Crippen LogP contribution in [0.5, 0.6) is 0 Å². The zero-order valence-corrected chi connectivity index (χ0v) is 16.5. The van der Waals surface area contributed by atoms with Gasteiger partial charge in [0.05, 0.1) is 4.88 Å². The molecule has 0 radical (unpaired) electrons. The van der Waals surface area contributed by atoms with E-state index in [0.717, 1.165) is 34.5 Å². The maximum absolute atomic E-state index is 12.6. The fourth-order valence-electron chi connectivity index (χ4n) is 3.37. The highest BCUT2D eigenvalue weighted by atomic mass is 32.1. The maximum Gasteiger partial charge on any atom is 0.233 e. The number of hydrogen-bond acceptors (Lipinski definition) is 4. The number of amides is 2. The van der Waals surface area contributed by atoms with Crippen molar-refractivity contribution in [3.63, 3.8) is 0 Å². The minimum Gasteiger partial charge on any atom is -0.342 e. The summed E-state index contributed by atoms with van der Waals surface area (Å²) < 4.78 is 0. The number of likely N-dealkylation sites (tertiary alicyclic amines) is 1. The SMILES string of the molecule is Cc1cccc(NC(=O)CC(=O)N2CCCC(C(=O)c3cccs3)C2)c1C. The van der Waals surface area contributed by atoms with E-state index in [4.69, 9.17) is 0 Å². The number of benzene rings is 1. The van der Waals surface area contributed by atoms with E-state index < -0.39 is 0 Å². The van der Waals surface area contributed by atoms with Gasteiger partial charge in [-0.25, -0.2) is 0 Å². The van der Waals surface area contributed by atoms with E-state index in [1.807, 2.05) is 49.6 Å². The fraction of sp³-hybridized carbons (Fsp3) is 0.381. The van der Waals surface area contributed by atoms with Crippen LogP contribution in [-0.4, -0.2) is 35.6 Å². The van der Waals surface area contributed by atoms with Crippen LogP contribution in [0.1, 0.15) is 40.1 Å². The summed E-state index contributed by atoms with van der Waals surface area (Å²) in [6.07, 6.45) is 1.37. The van der Waals surface area contributed by atoms with Crippen molar-refractivity contribution in [1.29, 1.82) is 0 Å². The van der Waals surface area contributed by atoms with Crippen LogP contribution in [0.3, 0.4) is 0 Å². The number of nitrogens with zero attached hydrogens (tertiary/aromatic N) is 1. The molecule has 1 unspecified atom stereocenters. The highest BCUT2D eigenvalue weighted by Crippen LogP contribution is 2.24. The van der Waals surface area contributed by atoms with E-state index in [9.17, 15) is 14.4 Å². The Morgan fingerprint density at radius 1 is 1.19 bits per heavy atom. The minimum atomic E-state index is -0.319. The first-order chi connectivity index (χ1) is 13.0. The number of Topliss-reactive ketones (excluding diaryl/α,β-unsaturated/α-hetero) is 1. The van der Waals surface area contributed by atoms with Crippen molar-refractivity contribution >= 4 is 34.6 Å². The first-order valence-electron chi connectivity index (χ1n) is 9.17. The van der Waals surface area contributed by atoms with E-state index in [-0.39, 0.29) is 29.9 Å². The molecule has 1 N–H and O–H groups in total. The largest absolute Gasteiger partial charge is 0.342 e. The molecular weight excluding hydrogens is 360 g/mol. The minimum absolute atomic E-state index is 0.0994. The second-order valence-electron chi connectivity index (χ2n) is 6.99. The van der Waals surface area contributed by atoms with Gasteiger partial charge in [-0.05, 0) is 55.3 Å². The number of rotatable bonds is 5. The van der Waals surface area contributed by atoms with Crippen molar-refractivity contribution in [2.24, 2.45) is 5.92 Å². The van der Waals surface area contributed by atoms with Crippen LogP contribution in [0.25, 0.3) is 0 Å². The van der Waals surface area contributed by atoms with Gasteiger partial charge in [0.1, 0.15) is 6.42 Å². The van der Waals surface area contributed by atoms with Gasteiger partial charge in [0.25, 0.3) is 0 Å². The van der Waals surface area contributed by atoms with Crippen LogP contribution >= 0.6 is 11.3 Å². The molecule has 0 spiro atoms. The van der Waals surface area contributed by atoms with E-state index >= 15 is 0 Å². The maximum atomic E-state index is 12.6. The van der Waals surface area contributed by atoms with Crippen LogP contribution in [0.4, 0.5) is 5.69 Å². The van der Waals surface area contributed by atoms with Crippen LogP contribution in [0, 0.1) is 19.8 Å². The number of aryl methyl sites for hydroxylation is 1. The lowest BCUT2D eigenvalue weighted by Gasteiger charge is -2.31. The van der Waals surface area contributed by atoms with Gasteiger partial charge >= 0.3 is 0 Å². The quantitative estimate of drug-likeness (QED) is 0.630. The van der Waals surface area contributed by atoms with Crippen LogP contribution < -0.4 is 5.32 Å². The van der Waals surface area contributed by atoms with Crippen molar-refractivity contribution in [3.05, 3.63) is 51.7 Å². The molecule has 1 aliphatic heterocycles. The van der Waals surface area contributed by atoms with Crippen LogP contribution in [0.15, 0.2) is 35.7 Å². The van der Waals surface area contributed by atoms with Gasteiger partial charge in [-0.3, -0.25) is 14.4 Å². The number of nitrogens with one attached hydrogen (secondary N) is 1. The molecule has 0 saturated carbocycles. The molecule has 27 heavy (non-hydrogen) atoms. The second-order valence-corrected chi connectivity index (χ2v) is 7.94. The number of ketones is 1. The average Bonchev–Trinajstić information content (AvgIpc) is 3.19. The van der Waals surface area contributed by atoms with Crippen molar-refractivity contribution in [3.8, 4) is 0 Å². The molecule has 0 bridgehead atoms. The van der Waals surface area contributed by atoms with Crippen molar-refractivity contribution in [2.75, 3.05) is 18.4 Å². The molecule has 1 saturated heterocycles. The molecule has 0 aliphatic carbocycles. The summed E-state index contributed by atoms with van der Waals surface area (Å²) in [7, 11) is 0. The summed E-state index contributed by atoms with van der Waals surface area (Å²) in [5.41, 5.74) is 2.82. The Bertz CT molecular complexity index is 845. The Balaban J connectivity index is 1.58. The molecular formula is C21H24N2O3S. The van der Waals surface area contributed by atoms with Gasteiger partial charge in [-0.2, -0.15) is 0 Å². The molecule has 1 aromatic carbocycles. The van der Waals surface area contributed by atoms with Gasteiger partial charge in [0.2, 0.25) is 11.8 Å². The number of thiophene rings is 1. The van der Waals surface area contributed by atoms with Crippen molar-refractivity contribution in [1.82, 2.24) is 4.90 Å². The Labute approximate surface area is 163 Å². The van der Waals surface area contributed by atoms with Gasteiger partial charge in [0.15, 0.2) is 5.78 Å². The zero-order valence-electron chi connectivity index (χ0n) is 15.7. The monoisotopic (exact) mass is 384 g/mol. The van der Waals surface area contributed by atoms with Gasteiger partial charge in [-0.1, -0.05) is 18.2 Å². The standard InChI is InChI=1S/C21H24N2O3S/c1-14-6-3-8-17(15(14)2)22-19(24)12-20(25)23-10-4-7-16(13-23)21(26)18-9-5-11-27-18/h3,5-6,8-9,11,16H,4,7,10,12-13H2,1-2H3,(H,22,24). The van der Waals surface area contributed by atoms with Gasteiger partial charge in [-0.15, -0.1) is 11.3 Å². The Morgan fingerprint density at radius 3 is 2.74 bits per heavy atom. The number of carbonyl (C=O) groups is 3. The van der Waals surface area contributed by atoms with E-state index in [1.54, 1.807) is 4.90 Å². The van der Waals surface area contributed by atoms with Gasteiger partial charge in [0, 0.05) is 24.7 Å². The molecule has 3 rings (SSSR count). The average molecular weight is 385 g/mol. The van der Waals surface area contributed by atoms with Crippen molar-refractivity contribution in [2.45, 2.75) is 33.1 Å². The lowest BCUT2D eigenvalue weighted by molar-refractivity contribution is -0.135. The summed E-state index contributed by atoms with van der Waals surface area (Å²) in [6.45, 7) is 4.92. The molecule has 1 fully saturated rings. The zero-order chi connectivity index (χ0) is 19.4. The van der Waals surface area contributed by atoms with E-state index in [2.05, 4.69) is 5.32 Å². The van der Waals surface area contributed by atoms with E-state index in [0.29, 0.717) is 13.1 Å². The molecule has 142 valence electrons. The lowest BCUT2D eigenvalue weighted by Crippen LogP contribution is -2.43. The predicted octanol–water partition coefficient (Wildman–Crippen LogP) is 3.82. The number of piperidine rings is 1. The normalized spacial score (nSPS) is 16.8. The van der Waals surface area contributed by atoms with E-state index in [1.165, 1.54) is 11.3 Å². The molecule has 5 nitrogen and oxygen atoms in total. The molecule has 1 atom stereocenters. The highest BCUT2D eigenvalue weighted by molar-refractivity contribution is 7.12. The fourth-order valence-corrected chi connectivity index (χ4v) is 4.11. The molecule has 2 aromatic rings. The third-order valence-corrected chi connectivity index (χ3v) is 5.98. The molecule has 6 heteroatoms. The Kier molecular flexibility index (Phi) is 6.06. The summed E-state index contributed by atoms with van der Waals surface area (Å²) >= 11 is 1.43. The third kappa shape index (κ3) is 4.63. The number of carbonyl (C=O) groups excluding carboxylic acids is 3.